The lowest BCUT2D eigenvalue weighted by Gasteiger charge is -2.35. The van der Waals surface area contributed by atoms with Gasteiger partial charge >= 0.3 is 0 Å². The fourth-order valence-electron chi connectivity index (χ4n) is 3.53. The van der Waals surface area contributed by atoms with E-state index in [4.69, 9.17) is 0 Å². The summed E-state index contributed by atoms with van der Waals surface area (Å²) in [5.41, 5.74) is 1.51. The topological polar surface area (TPSA) is 75.9 Å². The molecule has 1 N–H and O–H groups in total. The molecule has 3 aromatic rings. The lowest BCUT2D eigenvalue weighted by molar-refractivity contribution is 0.0621. The summed E-state index contributed by atoms with van der Waals surface area (Å²) in [6.45, 7) is 5.82. The Kier molecular flexibility index (Phi) is 5.35. The van der Waals surface area contributed by atoms with Crippen LogP contribution >= 0.6 is 0 Å². The van der Waals surface area contributed by atoms with Crippen LogP contribution in [0.4, 0.5) is 4.39 Å². The minimum atomic E-state index is -0.362. The molecule has 0 spiro atoms. The van der Waals surface area contributed by atoms with Gasteiger partial charge in [-0.05, 0) is 29.8 Å². The largest absolute Gasteiger partial charge is 0.326 e. The molecule has 1 unspecified atom stereocenters. The molecule has 3 heterocycles. The molecule has 1 fully saturated rings. The zero-order valence-corrected chi connectivity index (χ0v) is 16.4. The van der Waals surface area contributed by atoms with Crippen molar-refractivity contribution in [2.75, 3.05) is 19.6 Å². The standard InChI is InChI=1S/C21H23FN6O/c1-14(2)20-25-19(26-28(20)17-7-3-6-16(22)11-17)21(29)27-10-9-24-13-18(27)15-5-4-8-23-12-15/h3-8,11-12,14,18,24H,9-10,13H2,1-2H3. The van der Waals surface area contributed by atoms with Crippen LogP contribution in [-0.2, 0) is 0 Å². The fraction of sp³-hybridized carbons (Fsp3) is 0.333. The number of benzene rings is 1. The summed E-state index contributed by atoms with van der Waals surface area (Å²) in [5.74, 6) is 0.155. The van der Waals surface area contributed by atoms with Crippen molar-refractivity contribution >= 4 is 5.91 Å². The highest BCUT2D eigenvalue weighted by Gasteiger charge is 2.32. The highest BCUT2D eigenvalue weighted by Crippen LogP contribution is 2.24. The van der Waals surface area contributed by atoms with E-state index in [2.05, 4.69) is 20.4 Å². The zero-order valence-electron chi connectivity index (χ0n) is 16.4. The van der Waals surface area contributed by atoms with Crippen LogP contribution in [0, 0.1) is 5.82 Å². The van der Waals surface area contributed by atoms with E-state index < -0.39 is 0 Å². The Balaban J connectivity index is 1.70. The van der Waals surface area contributed by atoms with Crippen LogP contribution < -0.4 is 5.32 Å². The molecule has 1 aromatic carbocycles. The van der Waals surface area contributed by atoms with Gasteiger partial charge in [-0.1, -0.05) is 26.0 Å². The van der Waals surface area contributed by atoms with Crippen LogP contribution in [0.1, 0.15) is 47.8 Å². The molecule has 0 saturated carbocycles. The third-order valence-electron chi connectivity index (χ3n) is 4.97. The molecule has 1 aliphatic heterocycles. The molecule has 150 valence electrons. The number of nitrogens with one attached hydrogen (secondary N) is 1. The number of piperazine rings is 1. The fourth-order valence-corrected chi connectivity index (χ4v) is 3.53. The lowest BCUT2D eigenvalue weighted by Crippen LogP contribution is -2.49. The zero-order chi connectivity index (χ0) is 20.4. The van der Waals surface area contributed by atoms with Gasteiger partial charge in [0.1, 0.15) is 11.6 Å². The van der Waals surface area contributed by atoms with Gasteiger partial charge in [0, 0.05) is 37.9 Å². The van der Waals surface area contributed by atoms with Gasteiger partial charge in [0.2, 0.25) is 5.82 Å². The second kappa shape index (κ2) is 8.08. The number of hydrogen-bond acceptors (Lipinski definition) is 5. The number of rotatable bonds is 4. The molecule has 1 amide bonds. The van der Waals surface area contributed by atoms with E-state index in [9.17, 15) is 9.18 Å². The summed E-state index contributed by atoms with van der Waals surface area (Å²) < 4.78 is 15.3. The van der Waals surface area contributed by atoms with Gasteiger partial charge in [0.15, 0.2) is 0 Å². The van der Waals surface area contributed by atoms with E-state index in [1.54, 1.807) is 34.1 Å². The SMILES string of the molecule is CC(C)c1nc(C(=O)N2CCNCC2c2cccnc2)nn1-c1cccc(F)c1. The summed E-state index contributed by atoms with van der Waals surface area (Å²) in [6, 6.07) is 9.81. The van der Waals surface area contributed by atoms with Crippen LogP contribution in [0.5, 0.6) is 0 Å². The maximum Gasteiger partial charge on any atom is 0.294 e. The number of carbonyl (C=O) groups excluding carboxylic acids is 1. The molecule has 1 aliphatic rings. The molecule has 0 radical (unpaired) electrons. The highest BCUT2D eigenvalue weighted by atomic mass is 19.1. The Morgan fingerprint density at radius 3 is 2.86 bits per heavy atom. The van der Waals surface area contributed by atoms with Crippen molar-refractivity contribution in [1.29, 1.82) is 0 Å². The summed E-state index contributed by atoms with van der Waals surface area (Å²) >= 11 is 0. The number of pyridine rings is 1. The first-order valence-corrected chi connectivity index (χ1v) is 9.69. The average molecular weight is 394 g/mol. The van der Waals surface area contributed by atoms with Gasteiger partial charge < -0.3 is 10.2 Å². The predicted molar refractivity (Wildman–Crippen MR) is 106 cm³/mol. The second-order valence-corrected chi connectivity index (χ2v) is 7.34. The highest BCUT2D eigenvalue weighted by molar-refractivity contribution is 5.91. The molecule has 4 rings (SSSR count). The molecule has 1 saturated heterocycles. The van der Waals surface area contributed by atoms with Crippen LogP contribution in [0.15, 0.2) is 48.8 Å². The third kappa shape index (κ3) is 3.88. The summed E-state index contributed by atoms with van der Waals surface area (Å²) in [7, 11) is 0. The van der Waals surface area contributed by atoms with E-state index in [1.807, 2.05) is 26.0 Å². The van der Waals surface area contributed by atoms with E-state index in [0.717, 1.165) is 5.56 Å². The smallest absolute Gasteiger partial charge is 0.294 e. The van der Waals surface area contributed by atoms with E-state index >= 15 is 0 Å². The minimum absolute atomic E-state index is 0.0180. The first kappa shape index (κ1) is 19.2. The van der Waals surface area contributed by atoms with Crippen molar-refractivity contribution in [3.8, 4) is 5.69 Å². The van der Waals surface area contributed by atoms with Gasteiger partial charge in [-0.25, -0.2) is 14.1 Å². The number of amides is 1. The molecule has 8 heteroatoms. The summed E-state index contributed by atoms with van der Waals surface area (Å²) in [4.78, 5) is 23.8. The number of carbonyl (C=O) groups is 1. The molecule has 0 aliphatic carbocycles. The monoisotopic (exact) mass is 394 g/mol. The normalized spacial score (nSPS) is 17.0. The third-order valence-corrected chi connectivity index (χ3v) is 4.97. The number of halogens is 1. The Morgan fingerprint density at radius 2 is 2.14 bits per heavy atom. The number of aromatic nitrogens is 4. The van der Waals surface area contributed by atoms with E-state index in [-0.39, 0.29) is 29.5 Å². The average Bonchev–Trinajstić information content (AvgIpc) is 3.20. The predicted octanol–water partition coefficient (Wildman–Crippen LogP) is 2.71. The van der Waals surface area contributed by atoms with Gasteiger partial charge in [0.25, 0.3) is 5.91 Å². The Morgan fingerprint density at radius 1 is 1.28 bits per heavy atom. The van der Waals surface area contributed by atoms with Crippen LogP contribution in [0.3, 0.4) is 0 Å². The van der Waals surface area contributed by atoms with Gasteiger partial charge in [0.05, 0.1) is 11.7 Å². The summed E-state index contributed by atoms with van der Waals surface area (Å²) in [6.07, 6.45) is 3.49. The van der Waals surface area contributed by atoms with Gasteiger partial charge in [-0.2, -0.15) is 0 Å². The first-order valence-electron chi connectivity index (χ1n) is 9.69. The second-order valence-electron chi connectivity index (χ2n) is 7.34. The van der Waals surface area contributed by atoms with Crippen molar-refractivity contribution in [3.63, 3.8) is 0 Å². The first-order chi connectivity index (χ1) is 14.0. The van der Waals surface area contributed by atoms with Crippen molar-refractivity contribution in [3.05, 3.63) is 71.8 Å². The number of nitrogens with zero attached hydrogens (tertiary/aromatic N) is 5. The Bertz CT molecular complexity index is 1000. The molecular formula is C21H23FN6O. The van der Waals surface area contributed by atoms with Crippen molar-refractivity contribution in [2.45, 2.75) is 25.8 Å². The molecular weight excluding hydrogens is 371 g/mol. The maximum absolute atomic E-state index is 13.7. The molecule has 7 nitrogen and oxygen atoms in total. The Labute approximate surface area is 168 Å². The van der Waals surface area contributed by atoms with Crippen LogP contribution in [-0.4, -0.2) is 50.2 Å². The minimum Gasteiger partial charge on any atom is -0.326 e. The van der Waals surface area contributed by atoms with Crippen LogP contribution in [0.2, 0.25) is 0 Å². The van der Waals surface area contributed by atoms with Crippen LogP contribution in [0.25, 0.3) is 5.69 Å². The van der Waals surface area contributed by atoms with Gasteiger partial charge in [-0.15, -0.1) is 5.10 Å². The maximum atomic E-state index is 13.7. The molecule has 0 bridgehead atoms. The van der Waals surface area contributed by atoms with Crippen molar-refractivity contribution in [1.82, 2.24) is 30.0 Å². The van der Waals surface area contributed by atoms with Crippen molar-refractivity contribution < 1.29 is 9.18 Å². The summed E-state index contributed by atoms with van der Waals surface area (Å²) in [5, 5.41) is 7.78. The Hall–Kier alpha value is -3.13. The van der Waals surface area contributed by atoms with E-state index in [0.29, 0.717) is 31.1 Å². The quantitative estimate of drug-likeness (QED) is 0.736. The number of hydrogen-bond donors (Lipinski definition) is 1. The molecule has 29 heavy (non-hydrogen) atoms. The van der Waals surface area contributed by atoms with Gasteiger partial charge in [-0.3, -0.25) is 9.78 Å². The van der Waals surface area contributed by atoms with Crippen molar-refractivity contribution in [2.24, 2.45) is 0 Å². The lowest BCUT2D eigenvalue weighted by atomic mass is 10.1. The molecule has 1 atom stereocenters. The molecule has 2 aromatic heterocycles. The van der Waals surface area contributed by atoms with E-state index in [1.165, 1.54) is 12.1 Å².